The van der Waals surface area contributed by atoms with Crippen LogP contribution in [0.5, 0.6) is 0 Å². The number of hydrogen-bond acceptors (Lipinski definition) is 3. The van der Waals surface area contributed by atoms with Gasteiger partial charge in [0.05, 0.1) is 6.07 Å². The Bertz CT molecular complexity index is 175. The second-order valence-electron chi connectivity index (χ2n) is 2.38. The van der Waals surface area contributed by atoms with Gasteiger partial charge in [0.15, 0.2) is 0 Å². The third-order valence-electron chi connectivity index (χ3n) is 1.29. The van der Waals surface area contributed by atoms with Crippen molar-refractivity contribution in [2.75, 3.05) is 0 Å². The maximum atomic E-state index is 8.62. The first-order valence-electron chi connectivity index (χ1n) is 3.10. The molecular weight excluding hydrogens is 144 g/mol. The molecule has 0 spiro atoms. The summed E-state index contributed by atoms with van der Waals surface area (Å²) in [7, 11) is 0. The van der Waals surface area contributed by atoms with E-state index in [1.165, 1.54) is 0 Å². The lowest BCUT2D eigenvalue weighted by atomic mass is 10.1. The van der Waals surface area contributed by atoms with Gasteiger partial charge in [-0.15, -0.1) is 0 Å². The molecule has 1 N–H and O–H groups in total. The van der Waals surface area contributed by atoms with Crippen LogP contribution >= 0.6 is 12.8 Å². The molecule has 0 heterocycles. The van der Waals surface area contributed by atoms with Gasteiger partial charge in [-0.3, -0.25) is 4.72 Å². The summed E-state index contributed by atoms with van der Waals surface area (Å²) in [6.07, 6.45) is 0. The van der Waals surface area contributed by atoms with E-state index in [4.69, 9.17) is 5.26 Å². The zero-order valence-electron chi connectivity index (χ0n) is 6.47. The molecule has 0 aliphatic carbocycles. The van der Waals surface area contributed by atoms with Crippen LogP contribution in [0.4, 0.5) is 0 Å². The summed E-state index contributed by atoms with van der Waals surface area (Å²) in [5, 5.41) is 8.62. The molecule has 3 heteroatoms. The Morgan fingerprint density at radius 1 is 1.60 bits per heavy atom. The van der Waals surface area contributed by atoms with E-state index in [1.807, 2.05) is 20.8 Å². The van der Waals surface area contributed by atoms with Crippen molar-refractivity contribution in [3.63, 3.8) is 0 Å². The second-order valence-corrected chi connectivity index (χ2v) is 2.63. The van der Waals surface area contributed by atoms with Gasteiger partial charge in [0, 0.05) is 11.6 Å². The topological polar surface area (TPSA) is 35.8 Å². The van der Waals surface area contributed by atoms with Crippen LogP contribution in [0.2, 0.25) is 0 Å². The maximum absolute atomic E-state index is 8.62. The Kier molecular flexibility index (Phi) is 4.17. The third kappa shape index (κ3) is 2.42. The molecule has 0 aliphatic rings. The normalized spacial score (nSPS) is 11.9. The molecule has 2 nitrogen and oxygen atoms in total. The molecule has 0 radical (unpaired) electrons. The molecule has 1 unspecified atom stereocenters. The molecule has 56 valence electrons. The smallest absolute Gasteiger partial charge is 0.0963 e. The highest BCUT2D eigenvalue weighted by molar-refractivity contribution is 7.78. The van der Waals surface area contributed by atoms with Gasteiger partial charge < -0.3 is 0 Å². The summed E-state index contributed by atoms with van der Waals surface area (Å²) in [5.74, 6) is 0. The van der Waals surface area contributed by atoms with Crippen molar-refractivity contribution in [3.8, 4) is 6.07 Å². The summed E-state index contributed by atoms with van der Waals surface area (Å²) in [5.41, 5.74) is 1.80. The van der Waals surface area contributed by atoms with Gasteiger partial charge in [0.1, 0.15) is 0 Å². The molecule has 0 rings (SSSR count). The highest BCUT2D eigenvalue weighted by Crippen LogP contribution is 2.06. The summed E-state index contributed by atoms with van der Waals surface area (Å²) >= 11 is 3.87. The number of allylic oxidation sites excluding steroid dienone is 1. The zero-order valence-corrected chi connectivity index (χ0v) is 7.37. The van der Waals surface area contributed by atoms with E-state index in [9.17, 15) is 0 Å². The molecule has 0 saturated carbocycles. The van der Waals surface area contributed by atoms with E-state index in [1.54, 1.807) is 0 Å². The van der Waals surface area contributed by atoms with E-state index in [-0.39, 0.29) is 6.04 Å². The fraction of sp³-hybridized carbons (Fsp3) is 0.571. The molecular formula is C7H12N2S. The van der Waals surface area contributed by atoms with Gasteiger partial charge >= 0.3 is 0 Å². The van der Waals surface area contributed by atoms with E-state index in [0.29, 0.717) is 0 Å². The number of nitriles is 1. The molecule has 1 atom stereocenters. The number of thiol groups is 1. The minimum absolute atomic E-state index is 0.0401. The van der Waals surface area contributed by atoms with Crippen molar-refractivity contribution in [2.45, 2.75) is 26.8 Å². The van der Waals surface area contributed by atoms with Gasteiger partial charge in [-0.25, -0.2) is 0 Å². The number of rotatable bonds is 2. The van der Waals surface area contributed by atoms with Gasteiger partial charge in [-0.05, 0) is 20.8 Å². The second kappa shape index (κ2) is 4.37. The minimum atomic E-state index is 0.0401. The fourth-order valence-corrected chi connectivity index (χ4v) is 0.835. The zero-order chi connectivity index (χ0) is 8.15. The lowest BCUT2D eigenvalue weighted by molar-refractivity contribution is 0.815. The summed E-state index contributed by atoms with van der Waals surface area (Å²) in [4.78, 5) is 0. The van der Waals surface area contributed by atoms with Crippen LogP contribution in [0.25, 0.3) is 0 Å². The largest absolute Gasteiger partial charge is 0.259 e. The molecule has 0 aromatic heterocycles. The standard InChI is InChI=1S/C7H12N2S/c1-5(2)7(4-8)6(3)9-10/h6,9-10H,1-3H3. The quantitative estimate of drug-likeness (QED) is 0.471. The van der Waals surface area contributed by atoms with Crippen molar-refractivity contribution < 1.29 is 0 Å². The van der Waals surface area contributed by atoms with E-state index < -0.39 is 0 Å². The van der Waals surface area contributed by atoms with Crippen LogP contribution in [-0.2, 0) is 0 Å². The van der Waals surface area contributed by atoms with E-state index >= 15 is 0 Å². The van der Waals surface area contributed by atoms with Crippen molar-refractivity contribution in [1.29, 1.82) is 5.26 Å². The van der Waals surface area contributed by atoms with Crippen molar-refractivity contribution in [2.24, 2.45) is 0 Å². The Morgan fingerprint density at radius 2 is 2.10 bits per heavy atom. The van der Waals surface area contributed by atoms with Crippen molar-refractivity contribution in [3.05, 3.63) is 11.1 Å². The van der Waals surface area contributed by atoms with Crippen LogP contribution in [0.15, 0.2) is 11.1 Å². The first kappa shape index (κ1) is 9.54. The van der Waals surface area contributed by atoms with Gasteiger partial charge in [0.25, 0.3) is 0 Å². The monoisotopic (exact) mass is 156 g/mol. The molecule has 0 saturated heterocycles. The Labute approximate surface area is 67.5 Å². The maximum Gasteiger partial charge on any atom is 0.0963 e. The van der Waals surface area contributed by atoms with Crippen LogP contribution in [0, 0.1) is 11.3 Å². The molecule has 0 aromatic rings. The summed E-state index contributed by atoms with van der Waals surface area (Å²) in [6.45, 7) is 5.74. The van der Waals surface area contributed by atoms with Gasteiger partial charge in [-0.2, -0.15) is 5.26 Å². The molecule has 0 fully saturated rings. The minimum Gasteiger partial charge on any atom is -0.259 e. The van der Waals surface area contributed by atoms with Crippen molar-refractivity contribution in [1.82, 2.24) is 4.72 Å². The molecule has 10 heavy (non-hydrogen) atoms. The Morgan fingerprint density at radius 3 is 2.20 bits per heavy atom. The van der Waals surface area contributed by atoms with Crippen LogP contribution in [0.1, 0.15) is 20.8 Å². The van der Waals surface area contributed by atoms with Gasteiger partial charge in [0.2, 0.25) is 0 Å². The molecule has 0 aliphatic heterocycles. The summed E-state index contributed by atoms with van der Waals surface area (Å²) < 4.78 is 2.71. The van der Waals surface area contributed by atoms with Crippen molar-refractivity contribution >= 4 is 12.8 Å². The number of nitrogens with zero attached hydrogens (tertiary/aromatic N) is 1. The van der Waals surface area contributed by atoms with E-state index in [2.05, 4.69) is 23.6 Å². The first-order valence-corrected chi connectivity index (χ1v) is 3.55. The molecule has 0 bridgehead atoms. The number of nitrogens with one attached hydrogen (secondary N) is 1. The Balaban J connectivity index is 4.41. The van der Waals surface area contributed by atoms with Gasteiger partial charge in [-0.1, -0.05) is 18.4 Å². The SMILES string of the molecule is CC(C)=C(C#N)C(C)NS. The number of hydrogen-bond donors (Lipinski definition) is 2. The average Bonchev–Trinajstić information content (AvgIpc) is 1.88. The average molecular weight is 156 g/mol. The predicted molar refractivity (Wildman–Crippen MR) is 45.6 cm³/mol. The summed E-state index contributed by atoms with van der Waals surface area (Å²) in [6, 6.07) is 2.16. The third-order valence-corrected chi connectivity index (χ3v) is 1.67. The molecule has 0 aromatic carbocycles. The van der Waals surface area contributed by atoms with Crippen LogP contribution < -0.4 is 4.72 Å². The first-order chi connectivity index (χ1) is 4.63. The Hall–Kier alpha value is -0.460. The highest BCUT2D eigenvalue weighted by atomic mass is 32.1. The van der Waals surface area contributed by atoms with Crippen LogP contribution in [-0.4, -0.2) is 6.04 Å². The highest BCUT2D eigenvalue weighted by Gasteiger charge is 2.06. The predicted octanol–water partition coefficient (Wildman–Crippen LogP) is 1.67. The lowest BCUT2D eigenvalue weighted by Gasteiger charge is -2.08. The lowest BCUT2D eigenvalue weighted by Crippen LogP contribution is -2.18. The van der Waals surface area contributed by atoms with Crippen LogP contribution in [0.3, 0.4) is 0 Å². The molecule has 0 amide bonds. The fourth-order valence-electron chi connectivity index (χ4n) is 0.706. The van der Waals surface area contributed by atoms with E-state index in [0.717, 1.165) is 11.1 Å².